The molecule has 5 nitrogen and oxygen atoms in total. The van der Waals surface area contributed by atoms with E-state index in [1.165, 1.54) is 7.11 Å². The van der Waals surface area contributed by atoms with Crippen molar-refractivity contribution < 1.29 is 24.5 Å². The first-order valence-corrected chi connectivity index (χ1v) is 5.11. The average molecular weight is 238 g/mol. The van der Waals surface area contributed by atoms with Gasteiger partial charge < -0.3 is 14.9 Å². The van der Waals surface area contributed by atoms with E-state index in [2.05, 4.69) is 0 Å². The summed E-state index contributed by atoms with van der Waals surface area (Å²) >= 11 is 0. The monoisotopic (exact) mass is 238 g/mol. The van der Waals surface area contributed by atoms with E-state index in [1.807, 2.05) is 0 Å². The van der Waals surface area contributed by atoms with Gasteiger partial charge in [0.05, 0.1) is 19.4 Å². The summed E-state index contributed by atoms with van der Waals surface area (Å²) in [6.07, 6.45) is -0.251. The molecular formula is C12H14O5. The second-order valence-electron chi connectivity index (χ2n) is 3.65. The Morgan fingerprint density at radius 2 is 1.94 bits per heavy atom. The van der Waals surface area contributed by atoms with Crippen LogP contribution < -0.4 is 4.74 Å². The van der Waals surface area contributed by atoms with Crippen molar-refractivity contribution in [2.45, 2.75) is 12.8 Å². The number of carboxylic acid groups (broad SMARTS) is 2. The molecule has 0 aliphatic heterocycles. The molecule has 0 saturated carbocycles. The molecule has 1 aromatic carbocycles. The van der Waals surface area contributed by atoms with Crippen molar-refractivity contribution in [1.82, 2.24) is 0 Å². The molecule has 1 aromatic rings. The molecule has 0 saturated heterocycles. The van der Waals surface area contributed by atoms with Crippen LogP contribution in [-0.4, -0.2) is 29.3 Å². The Balaban J connectivity index is 2.85. The van der Waals surface area contributed by atoms with E-state index in [9.17, 15) is 9.59 Å². The second kappa shape index (κ2) is 5.89. The molecule has 5 heteroatoms. The fourth-order valence-corrected chi connectivity index (χ4v) is 1.59. The van der Waals surface area contributed by atoms with Crippen LogP contribution in [0.25, 0.3) is 0 Å². The lowest BCUT2D eigenvalue weighted by atomic mass is 9.96. The van der Waals surface area contributed by atoms with Crippen LogP contribution in [0.15, 0.2) is 24.3 Å². The molecule has 0 radical (unpaired) electrons. The lowest BCUT2D eigenvalue weighted by Crippen LogP contribution is -2.20. The smallest absolute Gasteiger partial charge is 0.307 e. The van der Waals surface area contributed by atoms with Crippen LogP contribution in [0.2, 0.25) is 0 Å². The number of para-hydroxylation sites is 1. The van der Waals surface area contributed by atoms with Crippen molar-refractivity contribution in [3.05, 3.63) is 29.8 Å². The van der Waals surface area contributed by atoms with E-state index in [0.717, 1.165) is 0 Å². The molecular weight excluding hydrogens is 224 g/mol. The molecule has 0 heterocycles. The quantitative estimate of drug-likeness (QED) is 0.782. The van der Waals surface area contributed by atoms with Gasteiger partial charge in [0.25, 0.3) is 0 Å². The minimum atomic E-state index is -1.12. The zero-order valence-electron chi connectivity index (χ0n) is 9.42. The highest BCUT2D eigenvalue weighted by atomic mass is 16.5. The molecule has 1 unspecified atom stereocenters. The summed E-state index contributed by atoms with van der Waals surface area (Å²) in [7, 11) is 1.49. The molecule has 92 valence electrons. The summed E-state index contributed by atoms with van der Waals surface area (Å²) < 4.78 is 5.09. The van der Waals surface area contributed by atoms with Crippen molar-refractivity contribution >= 4 is 11.9 Å². The molecule has 1 rings (SSSR count). The van der Waals surface area contributed by atoms with Crippen LogP contribution in [0.3, 0.4) is 0 Å². The van der Waals surface area contributed by atoms with E-state index < -0.39 is 24.3 Å². The molecule has 17 heavy (non-hydrogen) atoms. The van der Waals surface area contributed by atoms with E-state index in [4.69, 9.17) is 14.9 Å². The third-order valence-corrected chi connectivity index (χ3v) is 2.43. The van der Waals surface area contributed by atoms with Gasteiger partial charge in [-0.25, -0.2) is 0 Å². The van der Waals surface area contributed by atoms with Gasteiger partial charge in [-0.1, -0.05) is 18.2 Å². The predicted octanol–water partition coefficient (Wildman–Crippen LogP) is 1.41. The number of carboxylic acids is 2. The van der Waals surface area contributed by atoms with Crippen molar-refractivity contribution in [3.63, 3.8) is 0 Å². The lowest BCUT2D eigenvalue weighted by Gasteiger charge is -2.12. The molecule has 1 atom stereocenters. The van der Waals surface area contributed by atoms with Crippen LogP contribution in [0, 0.1) is 5.92 Å². The number of methoxy groups -OCH3 is 1. The number of hydrogen-bond acceptors (Lipinski definition) is 3. The molecule has 0 aromatic heterocycles. The maximum atomic E-state index is 10.9. The van der Waals surface area contributed by atoms with Gasteiger partial charge in [0.2, 0.25) is 0 Å². The SMILES string of the molecule is COc1ccccc1CC(CC(=O)O)C(=O)O. The Hall–Kier alpha value is -2.04. The van der Waals surface area contributed by atoms with Gasteiger partial charge >= 0.3 is 11.9 Å². The van der Waals surface area contributed by atoms with Gasteiger partial charge in [-0.05, 0) is 18.1 Å². The van der Waals surface area contributed by atoms with Gasteiger partial charge in [0.15, 0.2) is 0 Å². The van der Waals surface area contributed by atoms with Gasteiger partial charge in [0, 0.05) is 0 Å². The normalized spacial score (nSPS) is 11.8. The first-order chi connectivity index (χ1) is 8.04. The summed E-state index contributed by atoms with van der Waals surface area (Å²) in [5.41, 5.74) is 0.698. The molecule has 0 amide bonds. The summed E-state index contributed by atoms with van der Waals surface area (Å²) in [4.78, 5) is 21.5. The van der Waals surface area contributed by atoms with Crippen LogP contribution in [0.1, 0.15) is 12.0 Å². The van der Waals surface area contributed by atoms with Crippen molar-refractivity contribution in [2.24, 2.45) is 5.92 Å². The highest BCUT2D eigenvalue weighted by molar-refractivity contribution is 5.78. The first kappa shape index (κ1) is 13.0. The summed E-state index contributed by atoms with van der Waals surface area (Å²) in [6, 6.07) is 6.98. The second-order valence-corrected chi connectivity index (χ2v) is 3.65. The van der Waals surface area contributed by atoms with E-state index in [0.29, 0.717) is 11.3 Å². The Morgan fingerprint density at radius 3 is 2.47 bits per heavy atom. The summed E-state index contributed by atoms with van der Waals surface area (Å²) in [5, 5.41) is 17.6. The van der Waals surface area contributed by atoms with Gasteiger partial charge in [-0.2, -0.15) is 0 Å². The molecule has 0 aliphatic carbocycles. The largest absolute Gasteiger partial charge is 0.496 e. The van der Waals surface area contributed by atoms with Gasteiger partial charge in [0.1, 0.15) is 5.75 Å². The Labute approximate surface area is 98.6 Å². The fraction of sp³-hybridized carbons (Fsp3) is 0.333. The molecule has 2 N–H and O–H groups in total. The molecule has 0 aliphatic rings. The number of hydrogen-bond donors (Lipinski definition) is 2. The summed E-state index contributed by atoms with van der Waals surface area (Å²) in [5.74, 6) is -2.60. The number of ether oxygens (including phenoxy) is 1. The fourth-order valence-electron chi connectivity index (χ4n) is 1.59. The maximum Gasteiger partial charge on any atom is 0.307 e. The Bertz CT molecular complexity index is 413. The average Bonchev–Trinajstić information content (AvgIpc) is 2.28. The van der Waals surface area contributed by atoms with E-state index in [1.54, 1.807) is 24.3 Å². The molecule has 0 spiro atoms. The highest BCUT2D eigenvalue weighted by Gasteiger charge is 2.22. The minimum Gasteiger partial charge on any atom is -0.496 e. The van der Waals surface area contributed by atoms with Crippen LogP contribution in [0.4, 0.5) is 0 Å². The van der Waals surface area contributed by atoms with Crippen LogP contribution >= 0.6 is 0 Å². The van der Waals surface area contributed by atoms with Gasteiger partial charge in [-0.3, -0.25) is 9.59 Å². The zero-order chi connectivity index (χ0) is 12.8. The Morgan fingerprint density at radius 1 is 1.29 bits per heavy atom. The number of aliphatic carboxylic acids is 2. The third-order valence-electron chi connectivity index (χ3n) is 2.43. The maximum absolute atomic E-state index is 10.9. The molecule has 0 fully saturated rings. The van der Waals surface area contributed by atoms with E-state index >= 15 is 0 Å². The number of carbonyl (C=O) groups is 2. The predicted molar refractivity (Wildman–Crippen MR) is 60.1 cm³/mol. The minimum absolute atomic E-state index is 0.144. The zero-order valence-corrected chi connectivity index (χ0v) is 9.42. The lowest BCUT2D eigenvalue weighted by molar-refractivity contribution is -0.148. The van der Waals surface area contributed by atoms with Crippen molar-refractivity contribution in [3.8, 4) is 5.75 Å². The van der Waals surface area contributed by atoms with Crippen molar-refractivity contribution in [1.29, 1.82) is 0 Å². The summed E-state index contributed by atoms with van der Waals surface area (Å²) in [6.45, 7) is 0. The number of rotatable bonds is 6. The Kier molecular flexibility index (Phi) is 4.51. The first-order valence-electron chi connectivity index (χ1n) is 5.11. The third kappa shape index (κ3) is 3.79. The highest BCUT2D eigenvalue weighted by Crippen LogP contribution is 2.22. The topological polar surface area (TPSA) is 83.8 Å². The van der Waals surface area contributed by atoms with E-state index in [-0.39, 0.29) is 6.42 Å². The standard InChI is InChI=1S/C12H14O5/c1-17-10-5-3-2-4-8(10)6-9(12(15)16)7-11(13)14/h2-5,9H,6-7H2,1H3,(H,13,14)(H,15,16). The van der Waals surface area contributed by atoms with Crippen LogP contribution in [0.5, 0.6) is 5.75 Å². The van der Waals surface area contributed by atoms with Crippen LogP contribution in [-0.2, 0) is 16.0 Å². The molecule has 0 bridgehead atoms. The number of benzene rings is 1. The van der Waals surface area contributed by atoms with Crippen molar-refractivity contribution in [2.75, 3.05) is 7.11 Å². The van der Waals surface area contributed by atoms with Gasteiger partial charge in [-0.15, -0.1) is 0 Å².